The van der Waals surface area contributed by atoms with Crippen LogP contribution in [0.25, 0.3) is 0 Å². The van der Waals surface area contributed by atoms with Crippen molar-refractivity contribution >= 4 is 108 Å². The monoisotopic (exact) mass is 1290 g/mol. The number of aromatic nitrogens is 4. The summed E-state index contributed by atoms with van der Waals surface area (Å²) in [4.78, 5) is 55.3. The van der Waals surface area contributed by atoms with Crippen LogP contribution in [-0.4, -0.2) is 91.6 Å². The molecule has 0 radical (unpaired) electrons. The van der Waals surface area contributed by atoms with Crippen LogP contribution in [0.2, 0.25) is 0 Å². The van der Waals surface area contributed by atoms with Gasteiger partial charge in [0, 0.05) is 92.9 Å². The summed E-state index contributed by atoms with van der Waals surface area (Å²) in [5.41, 5.74) is 14.7. The van der Waals surface area contributed by atoms with Gasteiger partial charge in [0.1, 0.15) is 23.2 Å². The Morgan fingerprint density at radius 2 is 0.900 bits per heavy atom. The maximum absolute atomic E-state index is 11.7. The molecule has 3 saturated carbocycles. The smallest absolute Gasteiger partial charge is 0.303 e. The molecule has 494 valence electrons. The number of hydrogen-bond donors (Lipinski definition) is 5. The molecule has 0 bridgehead atoms. The number of benzene rings is 3. The van der Waals surface area contributed by atoms with Crippen molar-refractivity contribution in [3.63, 3.8) is 0 Å². The van der Waals surface area contributed by atoms with Crippen LogP contribution in [0.15, 0.2) is 59.6 Å². The fourth-order valence-corrected chi connectivity index (χ4v) is 12.3. The minimum absolute atomic E-state index is 0.0582. The molecular weight excluding hydrogens is 1180 g/mol. The number of rotatable bonds is 32. The molecule has 0 amide bonds. The van der Waals surface area contributed by atoms with Crippen LogP contribution >= 0.6 is 35.3 Å². The van der Waals surface area contributed by atoms with Crippen molar-refractivity contribution in [1.82, 2.24) is 18.7 Å². The summed E-state index contributed by atoms with van der Waals surface area (Å²) in [5.74, 6) is 7.11. The number of nitrogens with zero attached hydrogens (tertiary/aromatic N) is 8. The van der Waals surface area contributed by atoms with Gasteiger partial charge in [0.25, 0.3) is 0 Å². The van der Waals surface area contributed by atoms with E-state index in [0.717, 1.165) is 114 Å². The van der Waals surface area contributed by atoms with E-state index in [4.69, 9.17) is 33.3 Å². The Kier molecular flexibility index (Phi) is 30.0. The molecule has 3 aliphatic rings. The zero-order chi connectivity index (χ0) is 66.5. The first-order valence-corrected chi connectivity index (χ1v) is 35.0. The lowest BCUT2D eigenvalue weighted by Crippen LogP contribution is -2.31. The first-order chi connectivity index (χ1) is 42.5. The van der Waals surface area contributed by atoms with Gasteiger partial charge in [0.05, 0.1) is 51.5 Å². The van der Waals surface area contributed by atoms with Crippen molar-refractivity contribution in [1.29, 1.82) is 5.41 Å². The minimum Gasteiger partial charge on any atom is -0.481 e. The summed E-state index contributed by atoms with van der Waals surface area (Å²) in [5, 5.41) is 27.2. The molecule has 19 heteroatoms. The van der Waals surface area contributed by atoms with Crippen molar-refractivity contribution in [2.45, 2.75) is 205 Å². The van der Waals surface area contributed by atoms with Crippen LogP contribution in [-0.2, 0) is 14.4 Å². The van der Waals surface area contributed by atoms with E-state index >= 15 is 0 Å². The first kappa shape index (κ1) is 74.6. The van der Waals surface area contributed by atoms with Gasteiger partial charge in [-0.25, -0.2) is 9.97 Å². The van der Waals surface area contributed by atoms with Gasteiger partial charge in [0.15, 0.2) is 0 Å². The lowest BCUT2D eigenvalue weighted by atomic mass is 9.95. The Morgan fingerprint density at radius 3 is 1.19 bits per heavy atom. The van der Waals surface area contributed by atoms with Gasteiger partial charge in [-0.1, -0.05) is 122 Å². The molecule has 6 N–H and O–H groups in total. The normalized spacial score (nSPS) is 14.6. The van der Waals surface area contributed by atoms with Gasteiger partial charge in [0.2, 0.25) is 10.3 Å². The van der Waals surface area contributed by atoms with E-state index in [1.54, 1.807) is 13.8 Å². The van der Waals surface area contributed by atoms with Gasteiger partial charge in [-0.05, 0) is 171 Å². The average molecular weight is 1290 g/mol. The van der Waals surface area contributed by atoms with Crippen LogP contribution < -0.4 is 31.1 Å². The lowest BCUT2D eigenvalue weighted by molar-refractivity contribution is -0.137. The molecule has 3 aliphatic carbocycles. The number of aliphatic imine (C=N–C) groups is 1. The van der Waals surface area contributed by atoms with Gasteiger partial charge in [-0.15, -0.1) is 0 Å². The maximum atomic E-state index is 11.7. The zero-order valence-electron chi connectivity index (χ0n) is 57.3. The molecule has 3 fully saturated rings. The number of amidine groups is 1. The molecule has 3 unspecified atom stereocenters. The molecule has 2 heterocycles. The molecule has 0 spiro atoms. The molecule has 2 aromatic heterocycles. The third-order valence-corrected chi connectivity index (χ3v) is 16.8. The highest BCUT2D eigenvalue weighted by molar-refractivity contribution is 7.78. The molecule has 3 atom stereocenters. The van der Waals surface area contributed by atoms with Gasteiger partial charge in [-0.2, -0.15) is 13.7 Å². The number of carboxylic acid groups (broad SMARTS) is 1. The third kappa shape index (κ3) is 26.2. The second kappa shape index (κ2) is 36.2. The SMILES string of the molecule is CC(=O)CC(C)c1ccc(N(CC(C)C)CC(C)C)c(N=C=S)c1.CC(=O)CC(C)c1ccc(N(CC(C)C)CC(C)C)c(Nc2nc(C3CC3)ns2)c1.CC(C)CN(CC(C)C)c1ccc(C(C)CC(=O)O)cc1Nc1nc(C2CC2)ns1.N=C(N)C1CC1. The largest absolute Gasteiger partial charge is 0.481 e. The number of nitrogens with two attached hydrogens (primary N) is 1. The second-order valence-electron chi connectivity index (χ2n) is 28.1. The summed E-state index contributed by atoms with van der Waals surface area (Å²) in [6.45, 7) is 42.2. The Labute approximate surface area is 553 Å². The van der Waals surface area contributed by atoms with Crippen LogP contribution in [0.4, 0.5) is 44.4 Å². The van der Waals surface area contributed by atoms with Crippen molar-refractivity contribution < 1.29 is 19.5 Å². The van der Waals surface area contributed by atoms with Crippen molar-refractivity contribution in [2.24, 2.45) is 52.2 Å². The van der Waals surface area contributed by atoms with E-state index in [1.165, 1.54) is 60.0 Å². The predicted octanol–water partition coefficient (Wildman–Crippen LogP) is 18.2. The minimum atomic E-state index is -0.777. The van der Waals surface area contributed by atoms with E-state index < -0.39 is 5.97 Å². The molecule has 8 rings (SSSR count). The van der Waals surface area contributed by atoms with Gasteiger partial charge in [-0.3, -0.25) is 10.2 Å². The molecular formula is C71H108N12O4S3. The number of Topliss-reactive ketones (excluding diaryl/α,β-unsaturated/α-hetero) is 2. The number of hydrogen-bond acceptors (Lipinski definition) is 17. The highest BCUT2D eigenvalue weighted by Crippen LogP contribution is 2.43. The standard InChI is InChI=1S/C24H36N4OS.C23H34N4O2S.C20H30N2OS.C4H8N2/c1-15(2)13-28(14-16(3)4)22-10-9-20(17(5)11-18(6)29)12-21(22)25-24-26-23(27-30-24)19-7-8-19;1-14(2)12-27(13-15(3)4)20-9-8-18(16(5)10-21(28)29)11-19(20)24-23-25-22(26-30-23)17-6-7-17;1-14(2)11-22(12-15(3)4)20-8-7-18(10-19(20)21-13-24)16(5)9-17(6)23;5-4(6)3-1-2-3/h9-10,12,15-17,19H,7-8,11,13-14H2,1-6H3,(H,25,26,27);8-9,11,14-17H,6-7,10,12-13H2,1-5H3,(H,28,29)(H,24,25,26);7-8,10,14-16H,9,11-12H2,1-6H3;3H,1-2H2,(H3,5,6). The summed E-state index contributed by atoms with van der Waals surface area (Å²) >= 11 is 7.69. The Balaban J connectivity index is 0.000000235. The highest BCUT2D eigenvalue weighted by Gasteiger charge is 2.30. The molecule has 3 aromatic carbocycles. The third-order valence-electron chi connectivity index (χ3n) is 15.4. The molecule has 16 nitrogen and oxygen atoms in total. The van der Waals surface area contributed by atoms with Crippen LogP contribution in [0.1, 0.15) is 233 Å². The number of ketones is 2. The summed E-state index contributed by atoms with van der Waals surface area (Å²) in [6, 6.07) is 19.2. The van der Waals surface area contributed by atoms with Gasteiger partial charge >= 0.3 is 5.97 Å². The number of aliphatic carboxylic acids is 1. The Morgan fingerprint density at radius 1 is 0.567 bits per heavy atom. The molecule has 90 heavy (non-hydrogen) atoms. The molecule has 0 aliphatic heterocycles. The van der Waals surface area contributed by atoms with E-state index in [2.05, 4.69) is 196 Å². The topological polar surface area (TPSA) is 219 Å². The summed E-state index contributed by atoms with van der Waals surface area (Å²) in [7, 11) is 0. The number of thiocarbonyl (C=S) groups is 1. The number of anilines is 7. The number of isothiocyanates is 1. The second-order valence-corrected chi connectivity index (χ2v) is 29.8. The molecule has 5 aromatic rings. The fourth-order valence-electron chi connectivity index (χ4n) is 10.9. The summed E-state index contributed by atoms with van der Waals surface area (Å²) in [6.07, 6.45) is 8.29. The van der Waals surface area contributed by atoms with Crippen LogP contribution in [0.5, 0.6) is 0 Å². The number of carbonyl (C=O) groups excluding carboxylic acids is 2. The van der Waals surface area contributed by atoms with Crippen molar-refractivity contribution in [3.05, 3.63) is 82.9 Å². The van der Waals surface area contributed by atoms with E-state index in [9.17, 15) is 19.5 Å². The Bertz CT molecular complexity index is 2960. The summed E-state index contributed by atoms with van der Waals surface area (Å²) < 4.78 is 9.07. The van der Waals surface area contributed by atoms with Crippen LogP contribution in [0.3, 0.4) is 0 Å². The highest BCUT2D eigenvalue weighted by atomic mass is 32.1. The maximum Gasteiger partial charge on any atom is 0.303 e. The number of nitrogens with one attached hydrogen (secondary N) is 3. The quantitative estimate of drug-likeness (QED) is 0.0154. The average Bonchev–Trinajstić information content (AvgIpc) is 1.01. The number of carbonyl (C=O) groups is 3. The van der Waals surface area contributed by atoms with E-state index in [-0.39, 0.29) is 35.7 Å². The Hall–Kier alpha value is -6.14. The van der Waals surface area contributed by atoms with E-state index in [0.29, 0.717) is 71.9 Å². The zero-order valence-corrected chi connectivity index (χ0v) is 59.7. The first-order valence-electron chi connectivity index (χ1n) is 33.0. The van der Waals surface area contributed by atoms with Crippen molar-refractivity contribution in [2.75, 3.05) is 64.6 Å². The van der Waals surface area contributed by atoms with E-state index in [1.807, 2.05) is 6.92 Å². The van der Waals surface area contributed by atoms with Crippen LogP contribution in [0, 0.1) is 46.8 Å². The van der Waals surface area contributed by atoms with Crippen molar-refractivity contribution in [3.8, 4) is 0 Å². The fraction of sp³-hybridized carbons (Fsp3) is 0.620. The van der Waals surface area contributed by atoms with Gasteiger partial charge < -0.3 is 45.8 Å². The molecule has 0 saturated heterocycles. The number of carboxylic acids is 1. The predicted molar refractivity (Wildman–Crippen MR) is 383 cm³/mol. The lowest BCUT2D eigenvalue weighted by Gasteiger charge is -2.31.